The molecule has 0 aromatic heterocycles. The van der Waals surface area contributed by atoms with Gasteiger partial charge in [0.05, 0.1) is 23.2 Å². The van der Waals surface area contributed by atoms with Crippen LogP contribution in [0.1, 0.15) is 24.3 Å². The second-order valence-corrected chi connectivity index (χ2v) is 13.6. The second kappa shape index (κ2) is 9.95. The molecule has 7 rings (SSSR count). The molecule has 2 aliphatic heterocycles. The standard InChI is InChI=1S/C32H21BrCl2F2N2O5/c33-15-4-8-17(9-5-15)38-27(41)20-13-12-19-22(24(20)28(38)42)14-31(34)29(43)39(18-10-6-16(36)7-11-18)30(44)32(31,35)25(19)21-2-1-3-23(37)26(21)40/h1-12,20,22,24-25,40H,13-14H2. The number of benzene rings is 3. The number of hydrogen-bond donors (Lipinski definition) is 1. The fourth-order valence-corrected chi connectivity index (χ4v) is 8.54. The Labute approximate surface area is 268 Å². The molecule has 4 amide bonds. The van der Waals surface area contributed by atoms with Gasteiger partial charge in [-0.3, -0.25) is 24.1 Å². The van der Waals surface area contributed by atoms with Crippen molar-refractivity contribution >= 4 is 74.1 Å². The zero-order valence-corrected chi connectivity index (χ0v) is 25.6. The number of rotatable bonds is 3. The van der Waals surface area contributed by atoms with Gasteiger partial charge in [0, 0.05) is 16.0 Å². The van der Waals surface area contributed by atoms with E-state index in [9.17, 15) is 33.1 Å². The molecule has 3 aromatic carbocycles. The summed E-state index contributed by atoms with van der Waals surface area (Å²) in [6.07, 6.45) is 1.50. The average molecular weight is 702 g/mol. The number of amides is 4. The maximum Gasteiger partial charge on any atom is 0.258 e. The molecule has 1 saturated carbocycles. The van der Waals surface area contributed by atoms with Gasteiger partial charge in [-0.25, -0.2) is 13.7 Å². The molecule has 4 aliphatic rings. The van der Waals surface area contributed by atoms with E-state index in [0.717, 1.165) is 32.5 Å². The van der Waals surface area contributed by atoms with Crippen molar-refractivity contribution in [2.75, 3.05) is 9.80 Å². The molecule has 1 N–H and O–H groups in total. The smallest absolute Gasteiger partial charge is 0.258 e. The number of nitrogens with zero attached hydrogens (tertiary/aromatic N) is 2. The number of allylic oxidation sites excluding steroid dienone is 2. The van der Waals surface area contributed by atoms with Gasteiger partial charge in [-0.15, -0.1) is 23.2 Å². The number of anilines is 2. The molecule has 44 heavy (non-hydrogen) atoms. The molecule has 0 spiro atoms. The van der Waals surface area contributed by atoms with E-state index in [1.807, 2.05) is 0 Å². The summed E-state index contributed by atoms with van der Waals surface area (Å²) >= 11 is 17.8. The lowest BCUT2D eigenvalue weighted by molar-refractivity contribution is -0.125. The fraction of sp³-hybridized carbons (Fsp3) is 0.250. The predicted molar refractivity (Wildman–Crippen MR) is 161 cm³/mol. The number of phenolic OH excluding ortho intramolecular Hbond substituents is 1. The van der Waals surface area contributed by atoms with Crippen LogP contribution in [0.25, 0.3) is 0 Å². The van der Waals surface area contributed by atoms with Crippen LogP contribution in [0.15, 0.2) is 82.9 Å². The highest BCUT2D eigenvalue weighted by Gasteiger charge is 2.77. The Morgan fingerprint density at radius 1 is 0.818 bits per heavy atom. The molecular weight excluding hydrogens is 681 g/mol. The number of hydrogen-bond acceptors (Lipinski definition) is 5. The maximum atomic E-state index is 14.8. The Bertz CT molecular complexity index is 1820. The highest BCUT2D eigenvalue weighted by molar-refractivity contribution is 9.10. The molecular formula is C32H21BrCl2F2N2O5. The Morgan fingerprint density at radius 3 is 2.14 bits per heavy atom. The summed E-state index contributed by atoms with van der Waals surface area (Å²) in [6.45, 7) is 0. The minimum absolute atomic E-state index is 0.0152. The Balaban J connectivity index is 1.41. The SMILES string of the molecule is O=C1C2CC=C3C(CC4(Cl)C(=O)N(c5ccc(F)cc5)C(=O)C4(Cl)C3c3cccc(F)c3O)C2C(=O)N1c1ccc(Br)cc1. The van der Waals surface area contributed by atoms with Crippen molar-refractivity contribution < 1.29 is 33.1 Å². The van der Waals surface area contributed by atoms with Crippen molar-refractivity contribution in [2.45, 2.75) is 28.5 Å². The number of phenols is 1. The molecule has 6 unspecified atom stereocenters. The van der Waals surface area contributed by atoms with Crippen molar-refractivity contribution in [3.8, 4) is 5.75 Å². The van der Waals surface area contributed by atoms with Gasteiger partial charge in [-0.2, -0.15) is 0 Å². The molecule has 2 saturated heterocycles. The first-order chi connectivity index (χ1) is 20.9. The Hall–Kier alpha value is -3.60. The fourth-order valence-electron chi connectivity index (χ4n) is 7.35. The number of para-hydroxylation sites is 1. The second-order valence-electron chi connectivity index (χ2n) is 11.4. The monoisotopic (exact) mass is 700 g/mol. The third kappa shape index (κ3) is 3.77. The highest BCUT2D eigenvalue weighted by Crippen LogP contribution is 2.66. The van der Waals surface area contributed by atoms with E-state index in [0.29, 0.717) is 11.3 Å². The average Bonchev–Trinajstić information content (AvgIpc) is 3.34. The number of carbonyl (C=O) groups is 4. The topological polar surface area (TPSA) is 95.0 Å². The number of alkyl halides is 2. The van der Waals surface area contributed by atoms with Crippen LogP contribution in [0, 0.1) is 29.4 Å². The van der Waals surface area contributed by atoms with E-state index < -0.39 is 74.4 Å². The van der Waals surface area contributed by atoms with Gasteiger partial charge in [0.25, 0.3) is 11.8 Å². The first-order valence-corrected chi connectivity index (χ1v) is 15.3. The van der Waals surface area contributed by atoms with Gasteiger partial charge in [0.1, 0.15) is 5.82 Å². The zero-order valence-electron chi connectivity index (χ0n) is 22.5. The van der Waals surface area contributed by atoms with Crippen LogP contribution in [0.5, 0.6) is 5.75 Å². The number of fused-ring (bicyclic) bond motifs is 4. The van der Waals surface area contributed by atoms with Gasteiger partial charge in [0.15, 0.2) is 21.3 Å². The van der Waals surface area contributed by atoms with Crippen LogP contribution >= 0.6 is 39.1 Å². The number of imide groups is 2. The van der Waals surface area contributed by atoms with Crippen LogP contribution in [-0.2, 0) is 19.2 Å². The number of aromatic hydroxyl groups is 1. The lowest BCUT2D eigenvalue weighted by atomic mass is 9.56. The minimum Gasteiger partial charge on any atom is -0.505 e. The van der Waals surface area contributed by atoms with E-state index in [4.69, 9.17) is 23.2 Å². The molecule has 3 aromatic rings. The van der Waals surface area contributed by atoms with Crippen LogP contribution in [0.3, 0.4) is 0 Å². The van der Waals surface area contributed by atoms with Crippen molar-refractivity contribution in [2.24, 2.45) is 17.8 Å². The lowest BCUT2D eigenvalue weighted by Gasteiger charge is -2.50. The molecule has 0 bridgehead atoms. The highest BCUT2D eigenvalue weighted by atomic mass is 79.9. The van der Waals surface area contributed by atoms with Crippen LogP contribution < -0.4 is 9.80 Å². The van der Waals surface area contributed by atoms with E-state index in [1.165, 1.54) is 24.3 Å². The van der Waals surface area contributed by atoms with Crippen molar-refractivity contribution in [3.63, 3.8) is 0 Å². The van der Waals surface area contributed by atoms with Crippen LogP contribution in [-0.4, -0.2) is 38.5 Å². The lowest BCUT2D eigenvalue weighted by Crippen LogP contribution is -2.60. The summed E-state index contributed by atoms with van der Waals surface area (Å²) in [7, 11) is 0. The Kier molecular flexibility index (Phi) is 6.59. The zero-order chi connectivity index (χ0) is 31.3. The summed E-state index contributed by atoms with van der Waals surface area (Å²) in [5.41, 5.74) is 0.694. The van der Waals surface area contributed by atoms with Crippen molar-refractivity contribution in [3.05, 3.63) is 100 Å². The third-order valence-electron chi connectivity index (χ3n) is 9.31. The largest absolute Gasteiger partial charge is 0.505 e. The normalized spacial score (nSPS) is 31.2. The van der Waals surface area contributed by atoms with Gasteiger partial charge < -0.3 is 5.11 Å². The summed E-state index contributed by atoms with van der Waals surface area (Å²) in [4.78, 5) is 53.6. The quantitative estimate of drug-likeness (QED) is 0.199. The first-order valence-electron chi connectivity index (χ1n) is 13.7. The van der Waals surface area contributed by atoms with Gasteiger partial charge in [-0.1, -0.05) is 39.7 Å². The summed E-state index contributed by atoms with van der Waals surface area (Å²) in [5.74, 6) is -9.13. The van der Waals surface area contributed by atoms with Gasteiger partial charge in [-0.05, 0) is 73.4 Å². The molecule has 224 valence electrons. The third-order valence-corrected chi connectivity index (χ3v) is 11.3. The molecule has 2 heterocycles. The molecule has 7 nitrogen and oxygen atoms in total. The Morgan fingerprint density at radius 2 is 1.45 bits per heavy atom. The van der Waals surface area contributed by atoms with E-state index in [1.54, 1.807) is 30.3 Å². The summed E-state index contributed by atoms with van der Waals surface area (Å²) < 4.78 is 29.3. The summed E-state index contributed by atoms with van der Waals surface area (Å²) in [5, 5.41) is 10.9. The predicted octanol–water partition coefficient (Wildman–Crippen LogP) is 6.20. The molecule has 2 aliphatic carbocycles. The van der Waals surface area contributed by atoms with Crippen molar-refractivity contribution in [1.29, 1.82) is 0 Å². The van der Waals surface area contributed by atoms with Crippen LogP contribution in [0.4, 0.5) is 20.2 Å². The van der Waals surface area contributed by atoms with E-state index in [2.05, 4.69) is 15.9 Å². The number of halogens is 5. The van der Waals surface area contributed by atoms with Gasteiger partial charge >= 0.3 is 0 Å². The molecule has 3 fully saturated rings. The van der Waals surface area contributed by atoms with E-state index >= 15 is 0 Å². The van der Waals surface area contributed by atoms with Crippen LogP contribution in [0.2, 0.25) is 0 Å². The first kappa shape index (κ1) is 29.1. The maximum absolute atomic E-state index is 14.8. The molecule has 12 heteroatoms. The molecule has 6 atom stereocenters. The molecule has 0 radical (unpaired) electrons. The van der Waals surface area contributed by atoms with E-state index in [-0.39, 0.29) is 24.1 Å². The van der Waals surface area contributed by atoms with Crippen molar-refractivity contribution in [1.82, 2.24) is 0 Å². The van der Waals surface area contributed by atoms with Gasteiger partial charge in [0.2, 0.25) is 11.8 Å². The minimum atomic E-state index is -2.28. The number of carbonyl (C=O) groups excluding carboxylic acids is 4. The summed E-state index contributed by atoms with van der Waals surface area (Å²) in [6, 6.07) is 15.0.